The van der Waals surface area contributed by atoms with Crippen LogP contribution in [0.4, 0.5) is 0 Å². The Morgan fingerprint density at radius 2 is 1.85 bits per heavy atom. The molecule has 6 heteroatoms. The summed E-state index contributed by atoms with van der Waals surface area (Å²) in [6, 6.07) is 3.77. The summed E-state index contributed by atoms with van der Waals surface area (Å²) in [4.78, 5) is 0. The Kier molecular flexibility index (Phi) is 8.37. The third-order valence-electron chi connectivity index (χ3n) is 2.68. The molecule has 1 aromatic carbocycles. The van der Waals surface area contributed by atoms with E-state index in [9.17, 15) is 0 Å². The normalized spacial score (nSPS) is 10.6. The molecule has 0 heterocycles. The van der Waals surface area contributed by atoms with Gasteiger partial charge in [-0.3, -0.25) is 0 Å². The maximum Gasteiger partial charge on any atom is 0.179 e. The summed E-state index contributed by atoms with van der Waals surface area (Å²) < 4.78 is 20.7. The first-order chi connectivity index (χ1) is 9.72. The molecule has 0 atom stereocenters. The molecule has 0 aliphatic carbocycles. The number of nitrogens with one attached hydrogen (secondary N) is 1. The molecule has 1 N–H and O–H groups in total. The largest absolute Gasteiger partial charge is 0.493 e. The molecule has 0 saturated heterocycles. The van der Waals surface area contributed by atoms with E-state index in [1.807, 2.05) is 12.1 Å². The summed E-state index contributed by atoms with van der Waals surface area (Å²) in [6.07, 6.45) is 0. The number of halogens is 1. The first kappa shape index (κ1) is 17.0. The van der Waals surface area contributed by atoms with Crippen molar-refractivity contribution in [3.8, 4) is 11.5 Å². The van der Waals surface area contributed by atoms with Gasteiger partial charge < -0.3 is 24.3 Å². The molecule has 0 fully saturated rings. The van der Waals surface area contributed by atoms with Crippen molar-refractivity contribution in [1.29, 1.82) is 0 Å². The average Bonchev–Trinajstić information content (AvgIpc) is 2.45. The number of benzene rings is 1. The van der Waals surface area contributed by atoms with Crippen LogP contribution in [0.25, 0.3) is 0 Å². The summed E-state index contributed by atoms with van der Waals surface area (Å²) in [5.41, 5.74) is 1.03. The Morgan fingerprint density at radius 3 is 2.50 bits per heavy atom. The van der Waals surface area contributed by atoms with Crippen LogP contribution < -0.4 is 14.8 Å². The van der Waals surface area contributed by atoms with E-state index >= 15 is 0 Å². The second-order valence-electron chi connectivity index (χ2n) is 4.10. The Bertz CT molecular complexity index is 401. The molecule has 0 saturated carbocycles. The van der Waals surface area contributed by atoms with E-state index in [0.29, 0.717) is 42.9 Å². The van der Waals surface area contributed by atoms with Crippen LogP contribution >= 0.6 is 11.6 Å². The van der Waals surface area contributed by atoms with Crippen LogP contribution in [0.1, 0.15) is 5.56 Å². The van der Waals surface area contributed by atoms with Crippen molar-refractivity contribution in [3.63, 3.8) is 0 Å². The zero-order valence-corrected chi connectivity index (χ0v) is 13.0. The molecule has 5 nitrogen and oxygen atoms in total. The summed E-state index contributed by atoms with van der Waals surface area (Å²) in [6.45, 7) is 3.32. The Hall–Kier alpha value is -1.01. The molecule has 1 rings (SSSR count). The lowest BCUT2D eigenvalue weighted by molar-refractivity contribution is 0.0719. The van der Waals surface area contributed by atoms with E-state index in [-0.39, 0.29) is 0 Å². The lowest BCUT2D eigenvalue weighted by Crippen LogP contribution is -2.20. The van der Waals surface area contributed by atoms with Crippen LogP contribution in [0, 0.1) is 0 Å². The van der Waals surface area contributed by atoms with Crippen molar-refractivity contribution < 1.29 is 18.9 Å². The lowest BCUT2D eigenvalue weighted by atomic mass is 10.2. The number of methoxy groups -OCH3 is 3. The monoisotopic (exact) mass is 303 g/mol. The summed E-state index contributed by atoms with van der Waals surface area (Å²) in [5.74, 6) is 1.19. The second-order valence-corrected chi connectivity index (χ2v) is 4.50. The van der Waals surface area contributed by atoms with Gasteiger partial charge in [-0.05, 0) is 17.7 Å². The molecule has 1 aromatic rings. The van der Waals surface area contributed by atoms with E-state index < -0.39 is 0 Å². The third kappa shape index (κ3) is 5.54. The minimum atomic E-state index is 0.542. The fraction of sp³-hybridized carbons (Fsp3) is 0.571. The molecule has 0 amide bonds. The summed E-state index contributed by atoms with van der Waals surface area (Å²) in [7, 11) is 4.82. The maximum absolute atomic E-state index is 6.14. The van der Waals surface area contributed by atoms with Crippen LogP contribution in [0.3, 0.4) is 0 Å². The highest BCUT2D eigenvalue weighted by Gasteiger charge is 2.10. The van der Waals surface area contributed by atoms with Gasteiger partial charge in [0.15, 0.2) is 11.5 Å². The van der Waals surface area contributed by atoms with Crippen molar-refractivity contribution in [1.82, 2.24) is 5.32 Å². The van der Waals surface area contributed by atoms with Gasteiger partial charge in [-0.1, -0.05) is 11.6 Å². The zero-order valence-electron chi connectivity index (χ0n) is 12.2. The van der Waals surface area contributed by atoms with Crippen LogP contribution in [-0.2, 0) is 16.0 Å². The molecule has 0 unspecified atom stereocenters. The Morgan fingerprint density at radius 1 is 1.05 bits per heavy atom. The highest BCUT2D eigenvalue weighted by molar-refractivity contribution is 6.32. The molecule has 0 aliphatic rings. The van der Waals surface area contributed by atoms with Gasteiger partial charge >= 0.3 is 0 Å². The van der Waals surface area contributed by atoms with Crippen molar-refractivity contribution >= 4 is 11.6 Å². The molecule has 114 valence electrons. The van der Waals surface area contributed by atoms with Gasteiger partial charge in [0.1, 0.15) is 0 Å². The molecule has 0 aromatic heterocycles. The fourth-order valence-corrected chi connectivity index (χ4v) is 2.01. The van der Waals surface area contributed by atoms with Crippen LogP contribution in [0.5, 0.6) is 11.5 Å². The Labute approximate surface area is 125 Å². The zero-order chi connectivity index (χ0) is 14.8. The molecule has 0 bridgehead atoms. The SMILES string of the molecule is COCCOCCNCc1cc(Cl)c(OC)c(OC)c1. The minimum Gasteiger partial charge on any atom is -0.493 e. The van der Waals surface area contributed by atoms with Gasteiger partial charge in [-0.25, -0.2) is 0 Å². The molecule has 0 radical (unpaired) electrons. The first-order valence-corrected chi connectivity index (χ1v) is 6.78. The predicted molar refractivity (Wildman–Crippen MR) is 79.0 cm³/mol. The standard InChI is InChI=1S/C14H22ClNO4/c1-17-6-7-20-5-4-16-10-11-8-12(15)14(19-3)13(9-11)18-2/h8-9,16H,4-7,10H2,1-3H3. The maximum atomic E-state index is 6.14. The number of hydrogen-bond donors (Lipinski definition) is 1. The smallest absolute Gasteiger partial charge is 0.179 e. The summed E-state index contributed by atoms with van der Waals surface area (Å²) in [5, 5.41) is 3.82. The molecule has 20 heavy (non-hydrogen) atoms. The molecule has 0 spiro atoms. The second kappa shape index (κ2) is 9.83. The van der Waals surface area contributed by atoms with Gasteiger partial charge in [0, 0.05) is 20.2 Å². The van der Waals surface area contributed by atoms with E-state index in [0.717, 1.165) is 12.1 Å². The van der Waals surface area contributed by atoms with Crippen molar-refractivity contribution in [2.75, 3.05) is 47.7 Å². The summed E-state index contributed by atoms with van der Waals surface area (Å²) >= 11 is 6.14. The van der Waals surface area contributed by atoms with Gasteiger partial charge in [0.2, 0.25) is 0 Å². The Balaban J connectivity index is 2.39. The van der Waals surface area contributed by atoms with Gasteiger partial charge in [-0.2, -0.15) is 0 Å². The number of rotatable bonds is 10. The van der Waals surface area contributed by atoms with Crippen molar-refractivity contribution in [3.05, 3.63) is 22.7 Å². The van der Waals surface area contributed by atoms with Crippen LogP contribution in [0.15, 0.2) is 12.1 Å². The van der Waals surface area contributed by atoms with E-state index in [2.05, 4.69) is 5.32 Å². The topological polar surface area (TPSA) is 49.0 Å². The van der Waals surface area contributed by atoms with Crippen molar-refractivity contribution in [2.24, 2.45) is 0 Å². The predicted octanol–water partition coefficient (Wildman–Crippen LogP) is 2.11. The van der Waals surface area contributed by atoms with E-state index in [1.165, 1.54) is 0 Å². The van der Waals surface area contributed by atoms with Gasteiger partial charge in [0.05, 0.1) is 39.1 Å². The third-order valence-corrected chi connectivity index (χ3v) is 2.96. The lowest BCUT2D eigenvalue weighted by Gasteiger charge is -2.12. The number of hydrogen-bond acceptors (Lipinski definition) is 5. The average molecular weight is 304 g/mol. The molecular formula is C14H22ClNO4. The first-order valence-electron chi connectivity index (χ1n) is 6.40. The fourth-order valence-electron chi connectivity index (χ4n) is 1.69. The molecule has 0 aliphatic heterocycles. The molecular weight excluding hydrogens is 282 g/mol. The number of ether oxygens (including phenoxy) is 4. The van der Waals surface area contributed by atoms with Crippen molar-refractivity contribution in [2.45, 2.75) is 6.54 Å². The van der Waals surface area contributed by atoms with Crippen LogP contribution in [0.2, 0.25) is 5.02 Å². The van der Waals surface area contributed by atoms with E-state index in [1.54, 1.807) is 21.3 Å². The van der Waals surface area contributed by atoms with Crippen LogP contribution in [-0.4, -0.2) is 47.7 Å². The van der Waals surface area contributed by atoms with E-state index in [4.69, 9.17) is 30.5 Å². The minimum absolute atomic E-state index is 0.542. The van der Waals surface area contributed by atoms with Gasteiger partial charge in [-0.15, -0.1) is 0 Å². The van der Waals surface area contributed by atoms with Gasteiger partial charge in [0.25, 0.3) is 0 Å². The highest BCUT2D eigenvalue weighted by atomic mass is 35.5. The highest BCUT2D eigenvalue weighted by Crippen LogP contribution is 2.35. The quantitative estimate of drug-likeness (QED) is 0.671.